The van der Waals surface area contributed by atoms with E-state index in [1.54, 1.807) is 19.9 Å². The molecule has 2 N–H and O–H groups in total. The van der Waals surface area contributed by atoms with E-state index in [0.717, 1.165) is 0 Å². The largest absolute Gasteiger partial charge is 0.491 e. The number of halogens is 1. The van der Waals surface area contributed by atoms with Gasteiger partial charge in [0.05, 0.1) is 12.2 Å². The van der Waals surface area contributed by atoms with E-state index in [1.165, 1.54) is 18.2 Å². The summed E-state index contributed by atoms with van der Waals surface area (Å²) in [6, 6.07) is 6.03. The fourth-order valence-electron chi connectivity index (χ4n) is 1.88. The zero-order valence-electron chi connectivity index (χ0n) is 10.7. The Morgan fingerprint density at radius 3 is 2.68 bits per heavy atom. The molecule has 0 saturated carbocycles. The zero-order chi connectivity index (χ0) is 14.0. The van der Waals surface area contributed by atoms with Crippen LogP contribution in [-0.2, 0) is 0 Å². The van der Waals surface area contributed by atoms with Gasteiger partial charge < -0.3 is 14.8 Å². The van der Waals surface area contributed by atoms with Gasteiger partial charge in [0, 0.05) is 17.0 Å². The average molecular weight is 263 g/mol. The van der Waals surface area contributed by atoms with Crippen LogP contribution in [0.5, 0.6) is 5.75 Å². The highest BCUT2D eigenvalue weighted by atomic mass is 19.1. The Labute approximate surface area is 109 Å². The summed E-state index contributed by atoms with van der Waals surface area (Å²) in [5.74, 6) is -1.29. The van der Waals surface area contributed by atoms with Crippen molar-refractivity contribution in [3.8, 4) is 17.0 Å². The molecule has 0 saturated heterocycles. The molecule has 0 radical (unpaired) electrons. The van der Waals surface area contributed by atoms with Gasteiger partial charge in [-0.3, -0.25) is 0 Å². The molecule has 2 rings (SSSR count). The number of carbonyl (C=O) groups is 1. The summed E-state index contributed by atoms with van der Waals surface area (Å²) in [6.07, 6.45) is 0. The van der Waals surface area contributed by atoms with Crippen LogP contribution in [0.4, 0.5) is 4.39 Å². The van der Waals surface area contributed by atoms with Crippen LogP contribution in [-0.4, -0.2) is 22.7 Å². The highest BCUT2D eigenvalue weighted by Crippen LogP contribution is 2.26. The molecular formula is C14H14FNO3. The summed E-state index contributed by atoms with van der Waals surface area (Å²) in [7, 11) is 0. The SMILES string of the molecule is CCOc1ccc(-c2cc(C(=O)O)c(C)[nH]2)cc1F. The van der Waals surface area contributed by atoms with Gasteiger partial charge in [-0.05, 0) is 38.1 Å². The third-order valence-corrected chi connectivity index (χ3v) is 2.79. The van der Waals surface area contributed by atoms with Crippen LogP contribution < -0.4 is 4.74 Å². The average Bonchev–Trinajstić information content (AvgIpc) is 2.74. The van der Waals surface area contributed by atoms with Crippen molar-refractivity contribution < 1.29 is 19.0 Å². The quantitative estimate of drug-likeness (QED) is 0.890. The number of aryl methyl sites for hydroxylation is 1. The fourth-order valence-corrected chi connectivity index (χ4v) is 1.88. The predicted molar refractivity (Wildman–Crippen MR) is 69.1 cm³/mol. The van der Waals surface area contributed by atoms with Gasteiger partial charge in [-0.2, -0.15) is 0 Å². The second-order valence-electron chi connectivity index (χ2n) is 4.11. The molecule has 5 heteroatoms. The van der Waals surface area contributed by atoms with Crippen LogP contribution >= 0.6 is 0 Å². The summed E-state index contributed by atoms with van der Waals surface area (Å²) in [4.78, 5) is 13.9. The summed E-state index contributed by atoms with van der Waals surface area (Å²) >= 11 is 0. The normalized spacial score (nSPS) is 10.5. The molecule has 0 amide bonds. The highest BCUT2D eigenvalue weighted by Gasteiger charge is 2.13. The van der Waals surface area contributed by atoms with Gasteiger partial charge in [-0.15, -0.1) is 0 Å². The number of ether oxygens (including phenoxy) is 1. The predicted octanol–water partition coefficient (Wildman–Crippen LogP) is 3.23. The lowest BCUT2D eigenvalue weighted by atomic mass is 10.1. The maximum atomic E-state index is 13.7. The van der Waals surface area contributed by atoms with Gasteiger partial charge in [0.2, 0.25) is 0 Å². The topological polar surface area (TPSA) is 62.3 Å². The molecule has 1 heterocycles. The van der Waals surface area contributed by atoms with Crippen molar-refractivity contribution in [2.75, 3.05) is 6.61 Å². The molecule has 0 aliphatic heterocycles. The van der Waals surface area contributed by atoms with E-state index in [2.05, 4.69) is 4.98 Å². The number of hydrogen-bond acceptors (Lipinski definition) is 2. The van der Waals surface area contributed by atoms with E-state index in [-0.39, 0.29) is 11.3 Å². The summed E-state index contributed by atoms with van der Waals surface area (Å²) < 4.78 is 18.8. The van der Waals surface area contributed by atoms with Crippen LogP contribution in [0.3, 0.4) is 0 Å². The molecule has 0 atom stereocenters. The molecule has 19 heavy (non-hydrogen) atoms. The Hall–Kier alpha value is -2.30. The summed E-state index contributed by atoms with van der Waals surface area (Å²) in [5.41, 5.74) is 1.87. The Morgan fingerprint density at radius 2 is 2.16 bits per heavy atom. The molecule has 0 bridgehead atoms. The van der Waals surface area contributed by atoms with Crippen molar-refractivity contribution in [3.63, 3.8) is 0 Å². The molecule has 100 valence electrons. The molecule has 0 aliphatic rings. The van der Waals surface area contributed by atoms with Crippen LogP contribution in [0.15, 0.2) is 24.3 Å². The number of aromatic carboxylic acids is 1. The third kappa shape index (κ3) is 2.59. The van der Waals surface area contributed by atoms with Crippen molar-refractivity contribution in [1.82, 2.24) is 4.98 Å². The third-order valence-electron chi connectivity index (χ3n) is 2.79. The molecule has 1 aromatic heterocycles. The number of benzene rings is 1. The Morgan fingerprint density at radius 1 is 1.42 bits per heavy atom. The number of nitrogens with one attached hydrogen (secondary N) is 1. The van der Waals surface area contributed by atoms with Crippen molar-refractivity contribution in [1.29, 1.82) is 0 Å². The zero-order valence-corrected chi connectivity index (χ0v) is 10.7. The van der Waals surface area contributed by atoms with Crippen molar-refractivity contribution in [2.24, 2.45) is 0 Å². The van der Waals surface area contributed by atoms with Crippen LogP contribution in [0.25, 0.3) is 11.3 Å². The van der Waals surface area contributed by atoms with Crippen LogP contribution in [0.2, 0.25) is 0 Å². The number of aromatic nitrogens is 1. The molecular weight excluding hydrogens is 249 g/mol. The van der Waals surface area contributed by atoms with Crippen molar-refractivity contribution in [3.05, 3.63) is 41.3 Å². The lowest BCUT2D eigenvalue weighted by Gasteiger charge is -2.05. The molecule has 0 unspecified atom stereocenters. The van der Waals surface area contributed by atoms with Crippen LogP contribution in [0, 0.1) is 12.7 Å². The minimum Gasteiger partial charge on any atom is -0.491 e. The maximum absolute atomic E-state index is 13.7. The van der Waals surface area contributed by atoms with Gasteiger partial charge in [-0.1, -0.05) is 0 Å². The Balaban J connectivity index is 2.39. The second kappa shape index (κ2) is 5.14. The first-order valence-corrected chi connectivity index (χ1v) is 5.88. The van der Waals surface area contributed by atoms with Crippen molar-refractivity contribution in [2.45, 2.75) is 13.8 Å². The monoisotopic (exact) mass is 263 g/mol. The number of carboxylic acids is 1. The first-order chi connectivity index (χ1) is 9.02. The van der Waals surface area contributed by atoms with E-state index in [9.17, 15) is 9.18 Å². The number of aromatic amines is 1. The van der Waals surface area contributed by atoms with Crippen LogP contribution in [0.1, 0.15) is 23.0 Å². The molecule has 0 aliphatic carbocycles. The lowest BCUT2D eigenvalue weighted by molar-refractivity contribution is 0.0696. The Bertz CT molecular complexity index is 619. The standard InChI is InChI=1S/C14H14FNO3/c1-3-19-13-5-4-9(6-11(13)15)12-7-10(14(17)18)8(2)16-12/h4-7,16H,3H2,1-2H3,(H,17,18). The number of rotatable bonds is 4. The summed E-state index contributed by atoms with van der Waals surface area (Å²) in [5, 5.41) is 8.98. The number of hydrogen-bond donors (Lipinski definition) is 2. The molecule has 0 fully saturated rings. The van der Waals surface area contributed by atoms with E-state index >= 15 is 0 Å². The maximum Gasteiger partial charge on any atom is 0.337 e. The van der Waals surface area contributed by atoms with Crippen molar-refractivity contribution >= 4 is 5.97 Å². The van der Waals surface area contributed by atoms with E-state index in [0.29, 0.717) is 23.6 Å². The highest BCUT2D eigenvalue weighted by molar-refractivity contribution is 5.90. The molecule has 2 aromatic rings. The smallest absolute Gasteiger partial charge is 0.337 e. The van der Waals surface area contributed by atoms with Gasteiger partial charge >= 0.3 is 5.97 Å². The molecule has 1 aromatic carbocycles. The van der Waals surface area contributed by atoms with Gasteiger partial charge in [-0.25, -0.2) is 9.18 Å². The first-order valence-electron chi connectivity index (χ1n) is 5.88. The van der Waals surface area contributed by atoms with E-state index < -0.39 is 11.8 Å². The number of H-pyrrole nitrogens is 1. The van der Waals surface area contributed by atoms with Gasteiger partial charge in [0.15, 0.2) is 11.6 Å². The van der Waals surface area contributed by atoms with Gasteiger partial charge in [0.1, 0.15) is 0 Å². The fraction of sp³-hybridized carbons (Fsp3) is 0.214. The number of carboxylic acid groups (broad SMARTS) is 1. The van der Waals surface area contributed by atoms with E-state index in [1.807, 2.05) is 0 Å². The second-order valence-corrected chi connectivity index (χ2v) is 4.11. The Kier molecular flexibility index (Phi) is 3.55. The first kappa shape index (κ1) is 13.1. The molecule has 4 nitrogen and oxygen atoms in total. The summed E-state index contributed by atoms with van der Waals surface area (Å²) in [6.45, 7) is 3.83. The van der Waals surface area contributed by atoms with Gasteiger partial charge in [0.25, 0.3) is 0 Å². The minimum absolute atomic E-state index is 0.185. The minimum atomic E-state index is -1.01. The lowest BCUT2D eigenvalue weighted by Crippen LogP contribution is -1.95. The van der Waals surface area contributed by atoms with E-state index in [4.69, 9.17) is 9.84 Å². The molecule has 0 spiro atoms.